The van der Waals surface area contributed by atoms with Crippen molar-refractivity contribution >= 4 is 52.1 Å². The van der Waals surface area contributed by atoms with Crippen LogP contribution in [0.4, 0.5) is 17.1 Å². The fourth-order valence-corrected chi connectivity index (χ4v) is 2.67. The topological polar surface area (TPSA) is 61.4 Å². The van der Waals surface area contributed by atoms with Gasteiger partial charge in [0.05, 0.1) is 0 Å². The second kappa shape index (κ2) is 7.98. The average molecular weight is 394 g/mol. The maximum atomic E-state index is 12.6. The molecule has 0 aliphatic rings. The van der Waals surface area contributed by atoms with Crippen molar-refractivity contribution < 1.29 is 9.59 Å². The Morgan fingerprint density at radius 3 is 1.77 bits per heavy atom. The summed E-state index contributed by atoms with van der Waals surface area (Å²) in [6.45, 7) is 3.11. The second-order valence-corrected chi connectivity index (χ2v) is 7.51. The van der Waals surface area contributed by atoms with E-state index in [2.05, 4.69) is 10.6 Å². The molecule has 0 saturated heterocycles. The van der Waals surface area contributed by atoms with Crippen molar-refractivity contribution in [2.75, 3.05) is 29.6 Å². The van der Waals surface area contributed by atoms with E-state index >= 15 is 0 Å². The molecule has 0 bridgehead atoms. The molecule has 2 amide bonds. The summed E-state index contributed by atoms with van der Waals surface area (Å²) < 4.78 is 0. The third-order valence-corrected chi connectivity index (χ3v) is 4.33. The normalized spacial score (nSPS) is 11.0. The van der Waals surface area contributed by atoms with Gasteiger partial charge in [-0.25, -0.2) is 0 Å². The van der Waals surface area contributed by atoms with E-state index in [0.29, 0.717) is 21.4 Å². The Morgan fingerprint density at radius 2 is 1.31 bits per heavy atom. The van der Waals surface area contributed by atoms with E-state index in [1.807, 2.05) is 31.1 Å². The van der Waals surface area contributed by atoms with Crippen LogP contribution in [0.2, 0.25) is 10.0 Å². The summed E-state index contributed by atoms with van der Waals surface area (Å²) in [5, 5.41) is 6.24. The zero-order chi connectivity index (χ0) is 19.5. The molecule has 0 saturated carbocycles. The number of benzene rings is 2. The number of amides is 2. The first-order chi connectivity index (χ1) is 12.1. The van der Waals surface area contributed by atoms with E-state index < -0.39 is 17.2 Å². The average Bonchev–Trinajstić information content (AvgIpc) is 2.54. The second-order valence-electron chi connectivity index (χ2n) is 6.63. The smallest absolute Gasteiger partial charge is 0.239 e. The van der Waals surface area contributed by atoms with E-state index in [-0.39, 0.29) is 0 Å². The van der Waals surface area contributed by atoms with Crippen LogP contribution in [0.5, 0.6) is 0 Å². The molecule has 2 aromatic carbocycles. The summed E-state index contributed by atoms with van der Waals surface area (Å²) in [4.78, 5) is 27.1. The first-order valence-electron chi connectivity index (χ1n) is 7.96. The number of nitrogens with one attached hydrogen (secondary N) is 2. The number of hydrogen-bond donors (Lipinski definition) is 2. The van der Waals surface area contributed by atoms with Crippen molar-refractivity contribution in [2.24, 2.45) is 5.41 Å². The molecule has 2 N–H and O–H groups in total. The Balaban J connectivity index is 2.09. The van der Waals surface area contributed by atoms with Gasteiger partial charge in [-0.1, -0.05) is 23.2 Å². The van der Waals surface area contributed by atoms with Crippen molar-refractivity contribution in [2.45, 2.75) is 13.8 Å². The SMILES string of the molecule is CN(C)c1ccc(NC(=O)C(C)(C)C(=O)Nc2cc(Cl)cc(Cl)c2)cc1. The Kier molecular flexibility index (Phi) is 6.16. The van der Waals surface area contributed by atoms with Crippen LogP contribution in [0.15, 0.2) is 42.5 Å². The molecule has 2 rings (SSSR count). The number of hydrogen-bond acceptors (Lipinski definition) is 3. The molecule has 138 valence electrons. The number of carbonyl (C=O) groups excluding carboxylic acids is 2. The van der Waals surface area contributed by atoms with Crippen molar-refractivity contribution in [3.05, 3.63) is 52.5 Å². The minimum Gasteiger partial charge on any atom is -0.378 e. The van der Waals surface area contributed by atoms with Crippen molar-refractivity contribution in [1.29, 1.82) is 0 Å². The third kappa shape index (κ3) is 4.90. The lowest BCUT2D eigenvalue weighted by molar-refractivity contribution is -0.135. The lowest BCUT2D eigenvalue weighted by Crippen LogP contribution is -2.41. The van der Waals surface area contributed by atoms with Gasteiger partial charge in [-0.3, -0.25) is 9.59 Å². The first kappa shape index (κ1) is 20.1. The van der Waals surface area contributed by atoms with Crippen LogP contribution >= 0.6 is 23.2 Å². The van der Waals surface area contributed by atoms with Crippen LogP contribution in [0.3, 0.4) is 0 Å². The highest BCUT2D eigenvalue weighted by Gasteiger charge is 2.36. The summed E-state index contributed by atoms with van der Waals surface area (Å²) in [6.07, 6.45) is 0. The summed E-state index contributed by atoms with van der Waals surface area (Å²) in [5.41, 5.74) is 0.767. The lowest BCUT2D eigenvalue weighted by atomic mass is 9.90. The van der Waals surface area contributed by atoms with E-state index in [4.69, 9.17) is 23.2 Å². The van der Waals surface area contributed by atoms with E-state index in [1.54, 1.807) is 44.2 Å². The third-order valence-electron chi connectivity index (χ3n) is 3.90. The highest BCUT2D eigenvalue weighted by molar-refractivity contribution is 6.35. The molecule has 0 aromatic heterocycles. The van der Waals surface area contributed by atoms with Crippen LogP contribution in [-0.2, 0) is 9.59 Å². The monoisotopic (exact) mass is 393 g/mol. The maximum absolute atomic E-state index is 12.6. The summed E-state index contributed by atoms with van der Waals surface area (Å²) in [5.74, 6) is -0.876. The molecule has 2 aromatic rings. The molecule has 5 nitrogen and oxygen atoms in total. The van der Waals surface area contributed by atoms with E-state index in [0.717, 1.165) is 5.69 Å². The highest BCUT2D eigenvalue weighted by Crippen LogP contribution is 2.26. The number of rotatable bonds is 5. The van der Waals surface area contributed by atoms with Crippen molar-refractivity contribution in [3.63, 3.8) is 0 Å². The minimum absolute atomic E-state index is 0.399. The maximum Gasteiger partial charge on any atom is 0.239 e. The molecule has 0 aliphatic carbocycles. The van der Waals surface area contributed by atoms with Crippen LogP contribution in [0.25, 0.3) is 0 Å². The minimum atomic E-state index is -1.30. The van der Waals surface area contributed by atoms with Crippen molar-refractivity contribution in [3.8, 4) is 0 Å². The predicted molar refractivity (Wildman–Crippen MR) is 108 cm³/mol. The summed E-state index contributed by atoms with van der Waals surface area (Å²) in [7, 11) is 3.87. The van der Waals surface area contributed by atoms with Crippen LogP contribution < -0.4 is 15.5 Å². The molecular formula is C19H21Cl2N3O2. The summed E-state index contributed by atoms with van der Waals surface area (Å²) in [6, 6.07) is 12.1. The standard InChI is InChI=1S/C19H21Cl2N3O2/c1-19(2,18(26)23-15-10-12(20)9-13(21)11-15)17(25)22-14-5-7-16(8-6-14)24(3)4/h5-11H,1-4H3,(H,22,25)(H,23,26). The predicted octanol–water partition coefficient (Wildman–Crippen LogP) is 4.66. The largest absolute Gasteiger partial charge is 0.378 e. The molecule has 7 heteroatoms. The van der Waals surface area contributed by atoms with Crippen LogP contribution in [-0.4, -0.2) is 25.9 Å². The van der Waals surface area contributed by atoms with Crippen LogP contribution in [0, 0.1) is 5.41 Å². The van der Waals surface area contributed by atoms with Gasteiger partial charge in [-0.15, -0.1) is 0 Å². The molecule has 0 spiro atoms. The number of halogens is 2. The van der Waals surface area contributed by atoms with Gasteiger partial charge in [-0.05, 0) is 56.3 Å². The van der Waals surface area contributed by atoms with Gasteiger partial charge in [0.2, 0.25) is 11.8 Å². The van der Waals surface area contributed by atoms with Gasteiger partial charge in [0.15, 0.2) is 0 Å². The summed E-state index contributed by atoms with van der Waals surface area (Å²) >= 11 is 11.9. The lowest BCUT2D eigenvalue weighted by Gasteiger charge is -2.23. The van der Waals surface area contributed by atoms with Crippen LogP contribution in [0.1, 0.15) is 13.8 Å². The Hall–Kier alpha value is -2.24. The first-order valence-corrected chi connectivity index (χ1v) is 8.71. The van der Waals surface area contributed by atoms with Gasteiger partial charge in [0.1, 0.15) is 5.41 Å². The van der Waals surface area contributed by atoms with E-state index in [9.17, 15) is 9.59 Å². The van der Waals surface area contributed by atoms with Crippen molar-refractivity contribution in [1.82, 2.24) is 0 Å². The number of anilines is 3. The molecular weight excluding hydrogens is 373 g/mol. The molecule has 0 fully saturated rings. The Bertz CT molecular complexity index is 798. The molecule has 0 unspecified atom stereocenters. The Morgan fingerprint density at radius 1 is 0.846 bits per heavy atom. The number of carbonyl (C=O) groups is 2. The molecule has 0 radical (unpaired) electrons. The fourth-order valence-electron chi connectivity index (χ4n) is 2.15. The molecule has 0 atom stereocenters. The molecule has 0 heterocycles. The van der Waals surface area contributed by atoms with E-state index in [1.165, 1.54) is 0 Å². The van der Waals surface area contributed by atoms with Gasteiger partial charge in [-0.2, -0.15) is 0 Å². The van der Waals surface area contributed by atoms with Gasteiger partial charge in [0, 0.05) is 41.2 Å². The zero-order valence-corrected chi connectivity index (χ0v) is 16.6. The van der Waals surface area contributed by atoms with Gasteiger partial charge >= 0.3 is 0 Å². The molecule has 26 heavy (non-hydrogen) atoms. The Labute approximate surface area is 163 Å². The zero-order valence-electron chi connectivity index (χ0n) is 15.1. The highest BCUT2D eigenvalue weighted by atomic mass is 35.5. The van der Waals surface area contributed by atoms with Gasteiger partial charge in [0.25, 0.3) is 0 Å². The van der Waals surface area contributed by atoms with Gasteiger partial charge < -0.3 is 15.5 Å². The quantitative estimate of drug-likeness (QED) is 0.725. The fraction of sp³-hybridized carbons (Fsp3) is 0.263. The molecule has 0 aliphatic heterocycles. The number of nitrogens with zero attached hydrogens (tertiary/aromatic N) is 1.